The topological polar surface area (TPSA) is 0 Å². The Hall–Kier alpha value is -5.76. The summed E-state index contributed by atoms with van der Waals surface area (Å²) in [6.07, 6.45) is 0. The molecule has 0 fully saturated rings. The predicted octanol–water partition coefficient (Wildman–Crippen LogP) is 12.1. The van der Waals surface area contributed by atoms with Crippen molar-refractivity contribution in [2.75, 3.05) is 0 Å². The molecule has 0 atom stereocenters. The Morgan fingerprint density at radius 1 is 0.306 bits per heavy atom. The fourth-order valence-corrected chi connectivity index (χ4v) is 11.6. The van der Waals surface area contributed by atoms with Gasteiger partial charge in [-0.1, -0.05) is 159 Å². The maximum absolute atomic E-state index is 2.60. The molecular weight excluding hydrogens is 605 g/mol. The van der Waals surface area contributed by atoms with Gasteiger partial charge in [0.25, 0.3) is 0 Å². The van der Waals surface area contributed by atoms with Gasteiger partial charge in [-0.05, 0) is 122 Å². The molecule has 49 heavy (non-hydrogen) atoms. The van der Waals surface area contributed by atoms with Crippen LogP contribution >= 0.6 is 0 Å². The lowest BCUT2D eigenvalue weighted by atomic mass is 9.83. The summed E-state index contributed by atoms with van der Waals surface area (Å²) in [5.41, 5.74) is 10.4. The molecule has 1 heterocycles. The fourth-order valence-electron chi connectivity index (χ4n) is 8.54. The molecule has 0 unspecified atom stereocenters. The summed E-state index contributed by atoms with van der Waals surface area (Å²) < 4.78 is 0. The summed E-state index contributed by atoms with van der Waals surface area (Å²) in [5, 5.41) is 13.4. The molecular formula is C48H34Si. The lowest BCUT2D eigenvalue weighted by Crippen LogP contribution is -2.49. The average Bonchev–Trinajstić information content (AvgIpc) is 3.38. The molecule has 0 aromatic heterocycles. The third-order valence-electron chi connectivity index (χ3n) is 11.0. The molecule has 0 radical (unpaired) electrons. The molecule has 0 spiro atoms. The second-order valence-corrected chi connectivity index (χ2v) is 18.4. The van der Waals surface area contributed by atoms with Gasteiger partial charge in [-0.15, -0.1) is 0 Å². The Kier molecular flexibility index (Phi) is 6.13. The minimum absolute atomic E-state index is 1.24. The van der Waals surface area contributed by atoms with E-state index in [0.29, 0.717) is 0 Å². The smallest absolute Gasteiger partial charge is 0.0623 e. The lowest BCUT2D eigenvalue weighted by Gasteiger charge is -2.23. The minimum atomic E-state index is -1.93. The van der Waals surface area contributed by atoms with Crippen LogP contribution in [-0.4, -0.2) is 8.07 Å². The zero-order valence-electron chi connectivity index (χ0n) is 27.7. The molecule has 0 saturated heterocycles. The summed E-state index contributed by atoms with van der Waals surface area (Å²) in [4.78, 5) is 0. The van der Waals surface area contributed by atoms with Crippen LogP contribution in [0.2, 0.25) is 13.1 Å². The molecule has 0 nitrogen and oxygen atoms in total. The van der Waals surface area contributed by atoms with E-state index in [2.05, 4.69) is 183 Å². The summed E-state index contributed by atoms with van der Waals surface area (Å²) in [6.45, 7) is 5.05. The molecule has 9 aromatic carbocycles. The highest BCUT2D eigenvalue weighted by molar-refractivity contribution is 7.04. The molecule has 0 saturated carbocycles. The average molecular weight is 639 g/mol. The largest absolute Gasteiger partial charge is 0.113 e. The first-order valence-electron chi connectivity index (χ1n) is 17.3. The Labute approximate surface area is 287 Å². The number of rotatable bonds is 3. The molecule has 1 aliphatic rings. The van der Waals surface area contributed by atoms with Gasteiger partial charge in [0, 0.05) is 0 Å². The van der Waals surface area contributed by atoms with Crippen LogP contribution in [0, 0.1) is 0 Å². The first kappa shape index (κ1) is 28.3. The van der Waals surface area contributed by atoms with Crippen LogP contribution < -0.4 is 10.4 Å². The number of hydrogen-bond donors (Lipinski definition) is 0. The summed E-state index contributed by atoms with van der Waals surface area (Å²) in [5.74, 6) is 0. The van der Waals surface area contributed by atoms with Gasteiger partial charge in [0.05, 0.1) is 0 Å². The van der Waals surface area contributed by atoms with Gasteiger partial charge in [0.15, 0.2) is 0 Å². The van der Waals surface area contributed by atoms with E-state index in [1.807, 2.05) is 0 Å². The highest BCUT2D eigenvalue weighted by Crippen LogP contribution is 2.47. The highest BCUT2D eigenvalue weighted by Gasteiger charge is 2.38. The van der Waals surface area contributed by atoms with E-state index in [4.69, 9.17) is 0 Å². The number of hydrogen-bond acceptors (Lipinski definition) is 0. The van der Waals surface area contributed by atoms with Crippen molar-refractivity contribution < 1.29 is 0 Å². The van der Waals surface area contributed by atoms with Crippen LogP contribution in [0.1, 0.15) is 0 Å². The molecule has 0 bridgehead atoms. The standard InChI is InChI=1S/C48H34Si/c1-49(2)45-19-11-10-18-39(45)41-29-43-44(30-46(41)49)48(38-23-21-33-15-7-9-17-35(33)27-38)42-28-36(31-12-4-3-5-13-31)24-25-40(42)47(43)37-22-20-32-14-6-8-16-34(32)26-37/h3-30H,1-2H3. The number of fused-ring (bicyclic) bond motifs is 7. The highest BCUT2D eigenvalue weighted by atomic mass is 28.3. The van der Waals surface area contributed by atoms with E-state index in [9.17, 15) is 0 Å². The summed E-state index contributed by atoms with van der Waals surface area (Å²) >= 11 is 0. The van der Waals surface area contributed by atoms with Crippen LogP contribution in [0.3, 0.4) is 0 Å². The fraction of sp³-hybridized carbons (Fsp3) is 0.0417. The third kappa shape index (κ3) is 4.29. The normalized spacial score (nSPS) is 13.3. The van der Waals surface area contributed by atoms with Gasteiger partial charge in [-0.25, -0.2) is 0 Å². The van der Waals surface area contributed by atoms with E-state index in [-0.39, 0.29) is 0 Å². The van der Waals surface area contributed by atoms with Crippen LogP contribution in [0.15, 0.2) is 170 Å². The monoisotopic (exact) mass is 638 g/mol. The maximum Gasteiger partial charge on any atom is 0.113 e. The maximum atomic E-state index is 2.60. The van der Waals surface area contributed by atoms with Crippen molar-refractivity contribution in [1.29, 1.82) is 0 Å². The number of benzene rings is 9. The molecule has 0 N–H and O–H groups in total. The van der Waals surface area contributed by atoms with Crippen molar-refractivity contribution in [1.82, 2.24) is 0 Å². The molecule has 1 aliphatic heterocycles. The Bertz CT molecular complexity index is 2790. The second kappa shape index (κ2) is 10.6. The molecule has 10 rings (SSSR count). The van der Waals surface area contributed by atoms with Gasteiger partial charge in [-0.2, -0.15) is 0 Å². The van der Waals surface area contributed by atoms with Crippen molar-refractivity contribution in [3.8, 4) is 44.5 Å². The van der Waals surface area contributed by atoms with E-state index >= 15 is 0 Å². The van der Waals surface area contributed by atoms with Gasteiger partial charge in [0.2, 0.25) is 0 Å². The minimum Gasteiger partial charge on any atom is -0.0623 e. The molecule has 1 heteroatoms. The van der Waals surface area contributed by atoms with Crippen LogP contribution in [-0.2, 0) is 0 Å². The van der Waals surface area contributed by atoms with E-state index < -0.39 is 8.07 Å². The zero-order chi connectivity index (χ0) is 32.7. The van der Waals surface area contributed by atoms with E-state index in [0.717, 1.165) is 0 Å². The zero-order valence-corrected chi connectivity index (χ0v) is 28.7. The van der Waals surface area contributed by atoms with E-state index in [1.54, 1.807) is 0 Å². The van der Waals surface area contributed by atoms with Gasteiger partial charge in [-0.3, -0.25) is 0 Å². The summed E-state index contributed by atoms with van der Waals surface area (Å²) in [6, 6.07) is 63.8. The quantitative estimate of drug-likeness (QED) is 0.133. The Morgan fingerprint density at radius 2 is 0.837 bits per heavy atom. The summed E-state index contributed by atoms with van der Waals surface area (Å²) in [7, 11) is -1.93. The lowest BCUT2D eigenvalue weighted by molar-refractivity contribution is 1.64. The van der Waals surface area contributed by atoms with Crippen molar-refractivity contribution in [3.63, 3.8) is 0 Å². The predicted molar refractivity (Wildman–Crippen MR) is 215 cm³/mol. The Morgan fingerprint density at radius 3 is 1.53 bits per heavy atom. The SMILES string of the molecule is C[Si]1(C)c2ccccc2-c2cc3c(-c4ccc5ccccc5c4)c4ccc(-c5ccccc5)cc4c(-c4ccc5ccccc5c4)c3cc21. The van der Waals surface area contributed by atoms with Crippen LogP contribution in [0.4, 0.5) is 0 Å². The van der Waals surface area contributed by atoms with E-state index in [1.165, 1.54) is 98.0 Å². The molecule has 9 aromatic rings. The Balaban J connectivity index is 1.40. The first-order valence-corrected chi connectivity index (χ1v) is 20.3. The van der Waals surface area contributed by atoms with Gasteiger partial charge >= 0.3 is 0 Å². The van der Waals surface area contributed by atoms with Crippen molar-refractivity contribution in [2.24, 2.45) is 0 Å². The molecule has 230 valence electrons. The van der Waals surface area contributed by atoms with Crippen LogP contribution in [0.25, 0.3) is 87.6 Å². The molecule has 0 amide bonds. The van der Waals surface area contributed by atoms with Crippen molar-refractivity contribution >= 4 is 61.5 Å². The molecule has 0 aliphatic carbocycles. The van der Waals surface area contributed by atoms with Crippen molar-refractivity contribution in [3.05, 3.63) is 170 Å². The van der Waals surface area contributed by atoms with Gasteiger partial charge < -0.3 is 0 Å². The third-order valence-corrected chi connectivity index (χ3v) is 14.5. The first-order chi connectivity index (χ1) is 24.0. The van der Waals surface area contributed by atoms with Crippen molar-refractivity contribution in [2.45, 2.75) is 13.1 Å². The van der Waals surface area contributed by atoms with Crippen LogP contribution in [0.5, 0.6) is 0 Å². The second-order valence-electron chi connectivity index (χ2n) is 14.1. The van der Waals surface area contributed by atoms with Gasteiger partial charge in [0.1, 0.15) is 8.07 Å².